The average Bonchev–Trinajstić information content (AvgIpc) is 2.51. The average molecular weight is 366 g/mol. The number of nitrogens with one attached hydrogen (secondary N) is 1. The van der Waals surface area contributed by atoms with Gasteiger partial charge in [-0.05, 0) is 23.8 Å². The summed E-state index contributed by atoms with van der Waals surface area (Å²) < 4.78 is 26.1. The van der Waals surface area contributed by atoms with Gasteiger partial charge in [-0.15, -0.1) is 0 Å². The molecule has 2 aromatic rings. The van der Waals surface area contributed by atoms with E-state index in [9.17, 15) is 4.39 Å². The van der Waals surface area contributed by atoms with Crippen molar-refractivity contribution in [3.63, 3.8) is 0 Å². The molecule has 1 unspecified atom stereocenters. The molecule has 0 saturated carbocycles. The molecule has 22 heavy (non-hydrogen) atoms. The van der Waals surface area contributed by atoms with Gasteiger partial charge < -0.3 is 14.8 Å². The van der Waals surface area contributed by atoms with Crippen molar-refractivity contribution in [2.45, 2.75) is 12.2 Å². The highest BCUT2D eigenvalue weighted by Crippen LogP contribution is 2.35. The van der Waals surface area contributed by atoms with Gasteiger partial charge in [-0.2, -0.15) is 0 Å². The van der Waals surface area contributed by atoms with Crippen LogP contribution in [0.5, 0.6) is 11.5 Å². The van der Waals surface area contributed by atoms with Crippen LogP contribution in [0.2, 0.25) is 0 Å². The molecule has 0 aliphatic carbocycles. The van der Waals surface area contributed by atoms with E-state index in [1.165, 1.54) is 0 Å². The molecule has 1 heterocycles. The zero-order valence-corrected chi connectivity index (χ0v) is 13.6. The van der Waals surface area contributed by atoms with E-state index in [2.05, 4.69) is 21.2 Å². The van der Waals surface area contributed by atoms with Crippen LogP contribution in [0.15, 0.2) is 53.0 Å². The Labute approximate surface area is 137 Å². The second-order valence-electron chi connectivity index (χ2n) is 5.16. The number of hydrogen-bond acceptors (Lipinski definition) is 3. The molecule has 1 atom stereocenters. The Balaban J connectivity index is 1.80. The minimum absolute atomic E-state index is 0.136. The van der Waals surface area contributed by atoms with E-state index >= 15 is 0 Å². The van der Waals surface area contributed by atoms with Crippen molar-refractivity contribution in [2.75, 3.05) is 19.8 Å². The van der Waals surface area contributed by atoms with Gasteiger partial charge in [-0.25, -0.2) is 4.39 Å². The first kappa shape index (κ1) is 15.3. The Morgan fingerprint density at radius 3 is 2.55 bits per heavy atom. The largest absolute Gasteiger partial charge is 0.484 e. The molecule has 0 aromatic heterocycles. The van der Waals surface area contributed by atoms with Gasteiger partial charge in [0, 0.05) is 17.6 Å². The van der Waals surface area contributed by atoms with Crippen molar-refractivity contribution in [3.8, 4) is 11.5 Å². The van der Waals surface area contributed by atoms with Gasteiger partial charge in [-0.1, -0.05) is 46.3 Å². The summed E-state index contributed by atoms with van der Waals surface area (Å²) in [5.74, 6) is 1.19. The molecule has 5 heteroatoms. The molecular weight excluding hydrogens is 349 g/mol. The topological polar surface area (TPSA) is 30.5 Å². The number of ether oxygens (including phenoxy) is 2. The molecule has 2 aromatic carbocycles. The van der Waals surface area contributed by atoms with E-state index in [-0.39, 0.29) is 6.10 Å². The smallest absolute Gasteiger partial charge is 0.162 e. The fourth-order valence-electron chi connectivity index (χ4n) is 2.21. The Kier molecular flexibility index (Phi) is 4.95. The van der Waals surface area contributed by atoms with Crippen LogP contribution in [0.4, 0.5) is 4.39 Å². The maximum atomic E-state index is 13.4. The van der Waals surface area contributed by atoms with E-state index < -0.39 is 12.8 Å². The number of halogens is 2. The Morgan fingerprint density at radius 2 is 1.91 bits per heavy atom. The summed E-state index contributed by atoms with van der Waals surface area (Å²) in [6.07, 6.45) is -0.499. The summed E-state index contributed by atoms with van der Waals surface area (Å²) in [7, 11) is 0. The van der Waals surface area contributed by atoms with E-state index in [4.69, 9.17) is 9.47 Å². The summed E-state index contributed by atoms with van der Waals surface area (Å²) in [6, 6.07) is 14.9. The first-order valence-corrected chi connectivity index (χ1v) is 8.00. The second kappa shape index (κ2) is 7.11. The maximum Gasteiger partial charge on any atom is 0.162 e. The lowest BCUT2D eigenvalue weighted by Gasteiger charge is -2.29. The van der Waals surface area contributed by atoms with Gasteiger partial charge in [-0.3, -0.25) is 0 Å². The highest BCUT2D eigenvalue weighted by atomic mass is 79.9. The number of alkyl halides is 1. The molecular formula is C17H17BrFNO2. The van der Waals surface area contributed by atoms with Gasteiger partial charge in [0.2, 0.25) is 0 Å². The molecule has 0 bridgehead atoms. The minimum atomic E-state index is -0.635. The third kappa shape index (κ3) is 3.59. The standard InChI is InChI=1S/C17H17BrFNO2/c18-13-6-7-15(16(8-13)21-14-10-20-11-14)22-17(9-19)12-4-2-1-3-5-12/h1-8,14,17,20H,9-11H2. The van der Waals surface area contributed by atoms with Crippen LogP contribution in [0.3, 0.4) is 0 Å². The van der Waals surface area contributed by atoms with Crippen molar-refractivity contribution in [2.24, 2.45) is 0 Å². The predicted octanol–water partition coefficient (Wildman–Crippen LogP) is 3.89. The number of hydrogen-bond donors (Lipinski definition) is 1. The van der Waals surface area contributed by atoms with E-state index in [0.29, 0.717) is 11.5 Å². The summed E-state index contributed by atoms with van der Waals surface area (Å²) in [4.78, 5) is 0. The van der Waals surface area contributed by atoms with Gasteiger partial charge in [0.05, 0.1) is 0 Å². The monoisotopic (exact) mass is 365 g/mol. The van der Waals surface area contributed by atoms with Gasteiger partial charge >= 0.3 is 0 Å². The Morgan fingerprint density at radius 1 is 1.14 bits per heavy atom. The highest BCUT2D eigenvalue weighted by molar-refractivity contribution is 9.10. The SMILES string of the molecule is FCC(Oc1ccc(Br)cc1OC1CNC1)c1ccccc1. The molecule has 0 amide bonds. The van der Waals surface area contributed by atoms with E-state index in [0.717, 1.165) is 23.1 Å². The highest BCUT2D eigenvalue weighted by Gasteiger charge is 2.22. The molecule has 3 rings (SSSR count). The minimum Gasteiger partial charge on any atom is -0.484 e. The lowest BCUT2D eigenvalue weighted by Crippen LogP contribution is -2.50. The third-order valence-electron chi connectivity index (χ3n) is 3.52. The molecule has 1 aliphatic rings. The summed E-state index contributed by atoms with van der Waals surface area (Å²) in [5, 5.41) is 3.16. The fraction of sp³-hybridized carbons (Fsp3) is 0.294. The van der Waals surface area contributed by atoms with Crippen molar-refractivity contribution >= 4 is 15.9 Å². The summed E-state index contributed by atoms with van der Waals surface area (Å²) >= 11 is 3.43. The Bertz CT molecular complexity index is 619. The quantitative estimate of drug-likeness (QED) is 0.842. The first-order valence-electron chi connectivity index (χ1n) is 7.21. The molecule has 0 spiro atoms. The van der Waals surface area contributed by atoms with Gasteiger partial charge in [0.25, 0.3) is 0 Å². The molecule has 116 valence electrons. The zero-order chi connectivity index (χ0) is 15.4. The van der Waals surface area contributed by atoms with Crippen molar-refractivity contribution in [1.82, 2.24) is 5.32 Å². The van der Waals surface area contributed by atoms with E-state index in [1.807, 2.05) is 42.5 Å². The van der Waals surface area contributed by atoms with Crippen LogP contribution in [0.1, 0.15) is 11.7 Å². The lowest BCUT2D eigenvalue weighted by atomic mass is 10.1. The normalized spacial score (nSPS) is 15.9. The van der Waals surface area contributed by atoms with E-state index in [1.54, 1.807) is 6.07 Å². The van der Waals surface area contributed by atoms with Crippen LogP contribution in [0.25, 0.3) is 0 Å². The summed E-state index contributed by atoms with van der Waals surface area (Å²) in [5.41, 5.74) is 0.809. The number of rotatable bonds is 6. The van der Waals surface area contributed by atoms with Crippen LogP contribution < -0.4 is 14.8 Å². The second-order valence-corrected chi connectivity index (χ2v) is 6.08. The first-order chi connectivity index (χ1) is 10.8. The molecule has 1 saturated heterocycles. The molecule has 1 N–H and O–H groups in total. The molecule has 1 aliphatic heterocycles. The van der Waals surface area contributed by atoms with Crippen molar-refractivity contribution in [3.05, 3.63) is 58.6 Å². The zero-order valence-electron chi connectivity index (χ0n) is 12.0. The number of benzene rings is 2. The van der Waals surface area contributed by atoms with Crippen LogP contribution in [-0.4, -0.2) is 25.9 Å². The Hall–Kier alpha value is -1.59. The lowest BCUT2D eigenvalue weighted by molar-refractivity contribution is 0.120. The fourth-order valence-corrected chi connectivity index (χ4v) is 2.55. The predicted molar refractivity (Wildman–Crippen MR) is 87.2 cm³/mol. The summed E-state index contributed by atoms with van der Waals surface area (Å²) in [6.45, 7) is 1.04. The molecule has 3 nitrogen and oxygen atoms in total. The maximum absolute atomic E-state index is 13.4. The van der Waals surface area contributed by atoms with Crippen molar-refractivity contribution < 1.29 is 13.9 Å². The van der Waals surface area contributed by atoms with Gasteiger partial charge in [0.1, 0.15) is 12.8 Å². The molecule has 0 radical (unpaired) electrons. The van der Waals surface area contributed by atoms with Crippen LogP contribution in [0, 0.1) is 0 Å². The molecule has 1 fully saturated rings. The van der Waals surface area contributed by atoms with Crippen LogP contribution in [-0.2, 0) is 0 Å². The van der Waals surface area contributed by atoms with Gasteiger partial charge in [0.15, 0.2) is 17.6 Å². The third-order valence-corrected chi connectivity index (χ3v) is 4.02. The van der Waals surface area contributed by atoms with Crippen LogP contribution >= 0.6 is 15.9 Å². The van der Waals surface area contributed by atoms with Crippen molar-refractivity contribution in [1.29, 1.82) is 0 Å².